The van der Waals surface area contributed by atoms with Crippen LogP contribution in [-0.2, 0) is 9.59 Å². The van der Waals surface area contributed by atoms with Crippen molar-refractivity contribution >= 4 is 17.5 Å². The van der Waals surface area contributed by atoms with Gasteiger partial charge in [0.05, 0.1) is 6.04 Å². The maximum atomic E-state index is 12.4. The first kappa shape index (κ1) is 21.0. The molecule has 0 spiro atoms. The van der Waals surface area contributed by atoms with Crippen LogP contribution in [0.5, 0.6) is 5.75 Å². The molecule has 1 unspecified atom stereocenters. The highest BCUT2D eigenvalue weighted by atomic mass is 19.4. The molecule has 0 radical (unpaired) electrons. The standard InChI is InChI=1S/C18H24F3N3O3/c1-12(2)17(26)24-10-8-23(9-11-24)13(3)16(25)22-14-4-6-15(7-5-14)27-18(19,20)21/h4-7,12-13H,8-11H2,1-3H3,(H,22,25). The normalized spacial score (nSPS) is 16.9. The van der Waals surface area contributed by atoms with E-state index in [2.05, 4.69) is 10.1 Å². The van der Waals surface area contributed by atoms with E-state index in [9.17, 15) is 22.8 Å². The minimum atomic E-state index is -4.75. The number of piperazine rings is 1. The van der Waals surface area contributed by atoms with Crippen LogP contribution in [-0.4, -0.2) is 60.2 Å². The maximum absolute atomic E-state index is 12.4. The molecule has 1 heterocycles. The fraction of sp³-hybridized carbons (Fsp3) is 0.556. The highest BCUT2D eigenvalue weighted by Gasteiger charge is 2.31. The Morgan fingerprint density at radius 3 is 2.07 bits per heavy atom. The Morgan fingerprint density at radius 1 is 1.04 bits per heavy atom. The van der Waals surface area contributed by atoms with Gasteiger partial charge < -0.3 is 15.0 Å². The van der Waals surface area contributed by atoms with Crippen LogP contribution in [0.4, 0.5) is 18.9 Å². The third-order valence-corrected chi connectivity index (χ3v) is 4.40. The SMILES string of the molecule is CC(C)C(=O)N1CCN(C(C)C(=O)Nc2ccc(OC(F)(F)F)cc2)CC1. The second kappa shape index (κ2) is 8.60. The summed E-state index contributed by atoms with van der Waals surface area (Å²) in [5.74, 6) is -0.558. The predicted octanol–water partition coefficient (Wildman–Crippen LogP) is 2.71. The first-order chi connectivity index (χ1) is 12.6. The molecule has 1 N–H and O–H groups in total. The summed E-state index contributed by atoms with van der Waals surface area (Å²) in [6, 6.07) is 4.57. The Kier molecular flexibility index (Phi) is 6.69. The van der Waals surface area contributed by atoms with Gasteiger partial charge in [-0.2, -0.15) is 0 Å². The lowest BCUT2D eigenvalue weighted by molar-refractivity contribution is -0.274. The van der Waals surface area contributed by atoms with Crippen LogP contribution in [0.3, 0.4) is 0 Å². The molecule has 1 fully saturated rings. The Labute approximate surface area is 156 Å². The van der Waals surface area contributed by atoms with Crippen molar-refractivity contribution in [1.82, 2.24) is 9.80 Å². The van der Waals surface area contributed by atoms with Gasteiger partial charge in [-0.25, -0.2) is 0 Å². The van der Waals surface area contributed by atoms with E-state index in [-0.39, 0.29) is 23.5 Å². The average molecular weight is 387 g/mol. The van der Waals surface area contributed by atoms with Crippen molar-refractivity contribution in [2.45, 2.75) is 33.2 Å². The molecule has 1 aromatic carbocycles. The minimum absolute atomic E-state index is 0.0541. The van der Waals surface area contributed by atoms with Gasteiger partial charge in [0.2, 0.25) is 11.8 Å². The molecule has 27 heavy (non-hydrogen) atoms. The molecule has 0 aromatic heterocycles. The molecule has 1 atom stereocenters. The van der Waals surface area contributed by atoms with Crippen LogP contribution in [0.1, 0.15) is 20.8 Å². The zero-order chi connectivity index (χ0) is 20.2. The Morgan fingerprint density at radius 2 is 1.59 bits per heavy atom. The lowest BCUT2D eigenvalue weighted by Gasteiger charge is -2.38. The van der Waals surface area contributed by atoms with E-state index in [0.717, 1.165) is 12.1 Å². The molecule has 0 bridgehead atoms. The second-order valence-corrected chi connectivity index (χ2v) is 6.75. The van der Waals surface area contributed by atoms with Crippen LogP contribution >= 0.6 is 0 Å². The van der Waals surface area contributed by atoms with Crippen LogP contribution in [0, 0.1) is 5.92 Å². The van der Waals surface area contributed by atoms with Gasteiger partial charge in [-0.1, -0.05) is 13.8 Å². The highest BCUT2D eigenvalue weighted by Crippen LogP contribution is 2.24. The molecule has 1 aliphatic rings. The first-order valence-corrected chi connectivity index (χ1v) is 8.76. The number of nitrogens with zero attached hydrogens (tertiary/aromatic N) is 2. The van der Waals surface area contributed by atoms with Gasteiger partial charge >= 0.3 is 6.36 Å². The predicted molar refractivity (Wildman–Crippen MR) is 94.2 cm³/mol. The van der Waals surface area contributed by atoms with E-state index in [4.69, 9.17) is 0 Å². The van der Waals surface area contributed by atoms with E-state index in [1.807, 2.05) is 18.7 Å². The average Bonchev–Trinajstić information content (AvgIpc) is 2.61. The first-order valence-electron chi connectivity index (χ1n) is 8.76. The molecule has 0 aliphatic carbocycles. The monoisotopic (exact) mass is 387 g/mol. The third-order valence-electron chi connectivity index (χ3n) is 4.40. The maximum Gasteiger partial charge on any atom is 0.573 e. The lowest BCUT2D eigenvalue weighted by atomic mass is 10.1. The molecular formula is C18H24F3N3O3. The van der Waals surface area contributed by atoms with Crippen LogP contribution in [0.15, 0.2) is 24.3 Å². The van der Waals surface area contributed by atoms with E-state index in [1.54, 1.807) is 11.8 Å². The number of hydrogen-bond acceptors (Lipinski definition) is 4. The number of benzene rings is 1. The zero-order valence-electron chi connectivity index (χ0n) is 15.5. The summed E-state index contributed by atoms with van der Waals surface area (Å²) in [4.78, 5) is 28.2. The van der Waals surface area contributed by atoms with E-state index in [0.29, 0.717) is 31.9 Å². The summed E-state index contributed by atoms with van der Waals surface area (Å²) in [6.07, 6.45) is -4.75. The number of ether oxygens (including phenoxy) is 1. The Bertz CT molecular complexity index is 654. The van der Waals surface area contributed by atoms with Crippen LogP contribution < -0.4 is 10.1 Å². The number of hydrogen-bond donors (Lipinski definition) is 1. The highest BCUT2D eigenvalue weighted by molar-refractivity contribution is 5.94. The van der Waals surface area contributed by atoms with Gasteiger partial charge in [0.1, 0.15) is 5.75 Å². The molecular weight excluding hydrogens is 363 g/mol. The number of anilines is 1. The van der Waals surface area contributed by atoms with E-state index >= 15 is 0 Å². The lowest BCUT2D eigenvalue weighted by Crippen LogP contribution is -2.54. The van der Waals surface area contributed by atoms with Crippen molar-refractivity contribution < 1.29 is 27.5 Å². The van der Waals surface area contributed by atoms with Crippen molar-refractivity contribution in [3.05, 3.63) is 24.3 Å². The smallest absolute Gasteiger partial charge is 0.406 e. The Hall–Kier alpha value is -2.29. The van der Waals surface area contributed by atoms with Crippen molar-refractivity contribution in [3.8, 4) is 5.75 Å². The van der Waals surface area contributed by atoms with Gasteiger partial charge in [-0.15, -0.1) is 13.2 Å². The molecule has 2 amide bonds. The largest absolute Gasteiger partial charge is 0.573 e. The molecule has 6 nitrogen and oxygen atoms in total. The third kappa shape index (κ3) is 6.13. The van der Waals surface area contributed by atoms with Gasteiger partial charge in [0.25, 0.3) is 0 Å². The summed E-state index contributed by atoms with van der Waals surface area (Å²) in [7, 11) is 0. The fourth-order valence-corrected chi connectivity index (χ4v) is 2.85. The van der Waals surface area contributed by atoms with Crippen molar-refractivity contribution in [2.75, 3.05) is 31.5 Å². The van der Waals surface area contributed by atoms with Gasteiger partial charge in [0, 0.05) is 37.8 Å². The molecule has 0 saturated carbocycles. The second-order valence-electron chi connectivity index (χ2n) is 6.75. The number of alkyl halides is 3. The van der Waals surface area contributed by atoms with Crippen molar-refractivity contribution in [1.29, 1.82) is 0 Å². The van der Waals surface area contributed by atoms with Crippen molar-refractivity contribution in [3.63, 3.8) is 0 Å². The Balaban J connectivity index is 1.86. The molecule has 1 aliphatic heterocycles. The number of carbonyl (C=O) groups is 2. The quantitative estimate of drug-likeness (QED) is 0.844. The zero-order valence-corrected chi connectivity index (χ0v) is 15.5. The van der Waals surface area contributed by atoms with Gasteiger partial charge in [-0.3, -0.25) is 14.5 Å². The van der Waals surface area contributed by atoms with Gasteiger partial charge in [-0.05, 0) is 31.2 Å². The minimum Gasteiger partial charge on any atom is -0.406 e. The fourth-order valence-electron chi connectivity index (χ4n) is 2.85. The van der Waals surface area contributed by atoms with E-state index in [1.165, 1.54) is 12.1 Å². The number of rotatable bonds is 5. The molecule has 150 valence electrons. The summed E-state index contributed by atoms with van der Waals surface area (Å²) in [5, 5.41) is 2.68. The summed E-state index contributed by atoms with van der Waals surface area (Å²) in [6.45, 7) is 7.79. The number of amides is 2. The van der Waals surface area contributed by atoms with Gasteiger partial charge in [0.15, 0.2) is 0 Å². The molecule has 1 aromatic rings. The van der Waals surface area contributed by atoms with Crippen molar-refractivity contribution in [2.24, 2.45) is 5.92 Å². The molecule has 1 saturated heterocycles. The number of nitrogens with one attached hydrogen (secondary N) is 1. The summed E-state index contributed by atoms with van der Waals surface area (Å²) >= 11 is 0. The van der Waals surface area contributed by atoms with Crippen LogP contribution in [0.2, 0.25) is 0 Å². The van der Waals surface area contributed by atoms with E-state index < -0.39 is 12.4 Å². The summed E-state index contributed by atoms with van der Waals surface area (Å²) in [5.41, 5.74) is 0.384. The summed E-state index contributed by atoms with van der Waals surface area (Å²) < 4.78 is 40.3. The number of halogens is 3. The molecule has 9 heteroatoms. The van der Waals surface area contributed by atoms with Crippen LogP contribution in [0.25, 0.3) is 0 Å². The molecule has 2 rings (SSSR count). The number of carbonyl (C=O) groups excluding carboxylic acids is 2. The topological polar surface area (TPSA) is 61.9 Å².